The summed E-state index contributed by atoms with van der Waals surface area (Å²) in [4.78, 5) is 41.8. The molecule has 2 aliphatic heterocycles. The van der Waals surface area contributed by atoms with Gasteiger partial charge < -0.3 is 14.6 Å². The maximum atomic E-state index is 12.5. The van der Waals surface area contributed by atoms with E-state index in [2.05, 4.69) is 4.98 Å². The molecule has 1 aromatic heterocycles. The van der Waals surface area contributed by atoms with Gasteiger partial charge in [-0.05, 0) is 25.3 Å². The number of H-pyrrole nitrogens is 1. The van der Waals surface area contributed by atoms with Crippen molar-refractivity contribution < 1.29 is 14.3 Å². The Morgan fingerprint density at radius 1 is 1.30 bits per heavy atom. The molecule has 2 fully saturated rings. The predicted octanol–water partition coefficient (Wildman–Crippen LogP) is 1.10. The van der Waals surface area contributed by atoms with Crippen molar-refractivity contribution in [3.05, 3.63) is 34.2 Å². The molecule has 23 heavy (non-hydrogen) atoms. The smallest absolute Gasteiger partial charge is 0.327 e. The summed E-state index contributed by atoms with van der Waals surface area (Å²) in [6, 6.07) is 3.00. The Labute approximate surface area is 134 Å². The number of rotatable bonds is 5. The average molecular weight is 319 g/mol. The average Bonchev–Trinajstić information content (AvgIpc) is 3.06. The molecule has 124 valence electrons. The number of nitrogens with one attached hydrogen (secondary N) is 1. The summed E-state index contributed by atoms with van der Waals surface area (Å²) in [7, 11) is 0. The molecule has 7 nitrogen and oxygen atoms in total. The van der Waals surface area contributed by atoms with Gasteiger partial charge in [0.05, 0.1) is 12.6 Å². The quantitative estimate of drug-likeness (QED) is 0.881. The molecule has 7 heteroatoms. The van der Waals surface area contributed by atoms with Crippen LogP contribution in [0.4, 0.5) is 4.79 Å². The van der Waals surface area contributed by atoms with Crippen molar-refractivity contribution in [1.29, 1.82) is 0 Å². The number of aromatic amines is 1. The van der Waals surface area contributed by atoms with E-state index in [0.717, 1.165) is 25.9 Å². The van der Waals surface area contributed by atoms with Crippen LogP contribution in [0, 0.1) is 0 Å². The molecule has 2 saturated heterocycles. The Morgan fingerprint density at radius 3 is 2.91 bits per heavy atom. The Bertz CT molecular complexity index is 636. The first-order chi connectivity index (χ1) is 11.1. The van der Waals surface area contributed by atoms with Crippen molar-refractivity contribution in [3.8, 4) is 0 Å². The molecular weight excluding hydrogens is 298 g/mol. The molecule has 3 heterocycles. The zero-order valence-electron chi connectivity index (χ0n) is 13.0. The lowest BCUT2D eigenvalue weighted by molar-refractivity contribution is -0.131. The first kappa shape index (κ1) is 15.7. The first-order valence-electron chi connectivity index (χ1n) is 8.02. The lowest BCUT2D eigenvalue weighted by Crippen LogP contribution is -2.52. The third-order valence-corrected chi connectivity index (χ3v) is 4.37. The van der Waals surface area contributed by atoms with Crippen LogP contribution in [0.5, 0.6) is 0 Å². The number of pyridine rings is 1. The topological polar surface area (TPSA) is 82.7 Å². The van der Waals surface area contributed by atoms with Crippen LogP contribution in [0.3, 0.4) is 0 Å². The fourth-order valence-electron chi connectivity index (χ4n) is 3.02. The zero-order chi connectivity index (χ0) is 16.2. The highest BCUT2D eigenvalue weighted by atomic mass is 16.5. The van der Waals surface area contributed by atoms with Crippen LogP contribution in [0.2, 0.25) is 0 Å². The minimum Gasteiger partial charge on any atom is -0.378 e. The Kier molecular flexibility index (Phi) is 4.76. The van der Waals surface area contributed by atoms with Crippen molar-refractivity contribution in [2.75, 3.05) is 19.7 Å². The maximum absolute atomic E-state index is 12.5. The molecule has 0 radical (unpaired) electrons. The lowest BCUT2D eigenvalue weighted by atomic mass is 10.1. The number of hydrogen-bond donors (Lipinski definition) is 1. The Hall–Kier alpha value is -2.15. The number of hydrogen-bond acceptors (Lipinski definition) is 4. The Morgan fingerprint density at radius 2 is 2.17 bits per heavy atom. The van der Waals surface area contributed by atoms with Crippen molar-refractivity contribution in [1.82, 2.24) is 14.8 Å². The van der Waals surface area contributed by atoms with Gasteiger partial charge >= 0.3 is 6.03 Å². The monoisotopic (exact) mass is 319 g/mol. The first-order valence-corrected chi connectivity index (χ1v) is 8.02. The van der Waals surface area contributed by atoms with E-state index >= 15 is 0 Å². The number of urea groups is 1. The highest BCUT2D eigenvalue weighted by Gasteiger charge is 2.32. The summed E-state index contributed by atoms with van der Waals surface area (Å²) in [6.45, 7) is 1.83. The molecule has 3 rings (SSSR count). The van der Waals surface area contributed by atoms with Crippen LogP contribution in [0.15, 0.2) is 23.1 Å². The van der Waals surface area contributed by atoms with Gasteiger partial charge in [0.1, 0.15) is 0 Å². The number of carbonyl (C=O) groups excluding carboxylic acids is 2. The van der Waals surface area contributed by atoms with E-state index in [0.29, 0.717) is 25.1 Å². The third-order valence-electron chi connectivity index (χ3n) is 4.37. The van der Waals surface area contributed by atoms with Crippen LogP contribution >= 0.6 is 0 Å². The highest BCUT2D eigenvalue weighted by Crippen LogP contribution is 2.18. The number of carbonyl (C=O) groups is 2. The van der Waals surface area contributed by atoms with Gasteiger partial charge in [0.2, 0.25) is 5.91 Å². The SMILES string of the molecule is O=C1CCN(CCC2CCCO2)C(=O)N1Cc1ccc[nH]c1=O. The van der Waals surface area contributed by atoms with Gasteiger partial charge in [0, 0.05) is 37.9 Å². The molecule has 2 aliphatic rings. The summed E-state index contributed by atoms with van der Waals surface area (Å²) in [5.41, 5.74) is 0.139. The van der Waals surface area contributed by atoms with Gasteiger partial charge in [-0.15, -0.1) is 0 Å². The molecule has 1 unspecified atom stereocenters. The number of ether oxygens (including phenoxy) is 1. The van der Waals surface area contributed by atoms with Crippen LogP contribution < -0.4 is 5.56 Å². The standard InChI is InChI=1S/C16H21N3O4/c20-14-6-9-18(8-5-13-4-2-10-23-13)16(22)19(14)11-12-3-1-7-17-15(12)21/h1,3,7,13H,2,4-6,8-11H2,(H,17,21). The molecule has 0 bridgehead atoms. The van der Waals surface area contributed by atoms with E-state index in [9.17, 15) is 14.4 Å². The van der Waals surface area contributed by atoms with Crippen molar-refractivity contribution in [2.45, 2.75) is 38.3 Å². The summed E-state index contributed by atoms with van der Waals surface area (Å²) in [5.74, 6) is -0.230. The fourth-order valence-corrected chi connectivity index (χ4v) is 3.02. The van der Waals surface area contributed by atoms with E-state index in [4.69, 9.17) is 4.74 Å². The van der Waals surface area contributed by atoms with Gasteiger partial charge in [-0.3, -0.25) is 14.5 Å². The normalized spacial score (nSPS) is 22.0. The van der Waals surface area contributed by atoms with Gasteiger partial charge in [-0.2, -0.15) is 0 Å². The molecule has 1 atom stereocenters. The van der Waals surface area contributed by atoms with E-state index < -0.39 is 0 Å². The van der Waals surface area contributed by atoms with Crippen molar-refractivity contribution in [3.63, 3.8) is 0 Å². The van der Waals surface area contributed by atoms with Crippen LogP contribution in [0.1, 0.15) is 31.2 Å². The summed E-state index contributed by atoms with van der Waals surface area (Å²) in [5, 5.41) is 0. The number of nitrogens with zero attached hydrogens (tertiary/aromatic N) is 2. The largest absolute Gasteiger partial charge is 0.378 e. The van der Waals surface area contributed by atoms with E-state index in [1.165, 1.54) is 11.1 Å². The lowest BCUT2D eigenvalue weighted by Gasteiger charge is -2.34. The van der Waals surface area contributed by atoms with Gasteiger partial charge in [0.15, 0.2) is 0 Å². The van der Waals surface area contributed by atoms with Crippen molar-refractivity contribution >= 4 is 11.9 Å². The fraction of sp³-hybridized carbons (Fsp3) is 0.562. The second kappa shape index (κ2) is 6.95. The maximum Gasteiger partial charge on any atom is 0.327 e. The third kappa shape index (κ3) is 3.61. The van der Waals surface area contributed by atoms with Gasteiger partial charge in [-0.25, -0.2) is 4.79 Å². The van der Waals surface area contributed by atoms with E-state index in [1.54, 1.807) is 17.0 Å². The van der Waals surface area contributed by atoms with Crippen molar-refractivity contribution in [2.24, 2.45) is 0 Å². The number of imide groups is 1. The predicted molar refractivity (Wildman–Crippen MR) is 82.8 cm³/mol. The summed E-state index contributed by atoms with van der Waals surface area (Å²) < 4.78 is 5.57. The second-order valence-electron chi connectivity index (χ2n) is 5.95. The van der Waals surface area contributed by atoms with Crippen LogP contribution in [0.25, 0.3) is 0 Å². The molecule has 0 spiro atoms. The molecule has 3 amide bonds. The molecular formula is C16H21N3O4. The molecule has 0 aliphatic carbocycles. The highest BCUT2D eigenvalue weighted by molar-refractivity contribution is 5.96. The van der Waals surface area contributed by atoms with Gasteiger partial charge in [-0.1, -0.05) is 6.07 Å². The van der Waals surface area contributed by atoms with Crippen LogP contribution in [-0.4, -0.2) is 52.5 Å². The molecule has 1 N–H and O–H groups in total. The molecule has 0 aromatic carbocycles. The van der Waals surface area contributed by atoms with Gasteiger partial charge in [0.25, 0.3) is 5.56 Å². The van der Waals surface area contributed by atoms with Crippen LogP contribution in [-0.2, 0) is 16.1 Å². The van der Waals surface area contributed by atoms with E-state index in [1.807, 2.05) is 0 Å². The molecule has 0 saturated carbocycles. The molecule has 1 aromatic rings. The van der Waals surface area contributed by atoms with E-state index in [-0.39, 0.29) is 30.1 Å². The Balaban J connectivity index is 1.64. The minimum atomic E-state index is -0.317. The zero-order valence-corrected chi connectivity index (χ0v) is 13.0. The summed E-state index contributed by atoms with van der Waals surface area (Å²) in [6.07, 6.45) is 4.93. The summed E-state index contributed by atoms with van der Waals surface area (Å²) >= 11 is 0. The minimum absolute atomic E-state index is 0.0181. The number of amides is 3. The number of aromatic nitrogens is 1. The second-order valence-corrected chi connectivity index (χ2v) is 5.95.